The molecule has 1 aromatic rings. The van der Waals surface area contributed by atoms with Crippen molar-refractivity contribution in [3.05, 3.63) is 28.7 Å². The Hall–Kier alpha value is -1.76. The molecule has 1 aliphatic carbocycles. The van der Waals surface area contributed by atoms with Crippen molar-refractivity contribution >= 4 is 29.3 Å². The average molecular weight is 321 g/mol. The minimum atomic E-state index is -0.488. The third kappa shape index (κ3) is 3.04. The molecule has 2 fully saturated rings. The normalized spacial score (nSPS) is 22.0. The van der Waals surface area contributed by atoms with Gasteiger partial charge in [0, 0.05) is 17.9 Å². The number of amides is 2. The zero-order valence-corrected chi connectivity index (χ0v) is 13.0. The fraction of sp³-hybridized carbons (Fsp3) is 0.533. The minimum absolute atomic E-state index is 0.0640. The highest BCUT2D eigenvalue weighted by Gasteiger charge is 2.38. The molecule has 22 heavy (non-hydrogen) atoms. The molecule has 0 spiro atoms. The third-order valence-electron chi connectivity index (χ3n) is 4.25. The van der Waals surface area contributed by atoms with Crippen molar-refractivity contribution in [2.45, 2.75) is 31.7 Å². The van der Waals surface area contributed by atoms with Gasteiger partial charge in [-0.15, -0.1) is 11.8 Å². The summed E-state index contributed by atoms with van der Waals surface area (Å²) in [6.45, 7) is 0. The number of aromatic amines is 1. The van der Waals surface area contributed by atoms with Crippen LogP contribution in [-0.2, 0) is 9.59 Å². The minimum Gasteiger partial charge on any atom is -0.327 e. The summed E-state index contributed by atoms with van der Waals surface area (Å²) in [5.74, 6) is 1.000. The topological polar surface area (TPSA) is 82.3 Å². The maximum absolute atomic E-state index is 12.5. The summed E-state index contributed by atoms with van der Waals surface area (Å²) < 4.78 is 0. The molecule has 2 amide bonds. The zero-order valence-electron chi connectivity index (χ0n) is 12.2. The van der Waals surface area contributed by atoms with Crippen LogP contribution in [-0.4, -0.2) is 39.4 Å². The van der Waals surface area contributed by atoms with Crippen LogP contribution >= 0.6 is 11.8 Å². The van der Waals surface area contributed by atoms with Gasteiger partial charge in [0.2, 0.25) is 11.8 Å². The van der Waals surface area contributed by atoms with Crippen LogP contribution < -0.4 is 10.9 Å². The van der Waals surface area contributed by atoms with Gasteiger partial charge in [0.05, 0.1) is 5.88 Å². The second-order valence-corrected chi connectivity index (χ2v) is 6.71. The van der Waals surface area contributed by atoms with Crippen LogP contribution in [0, 0.1) is 5.92 Å². The smallest absolute Gasteiger partial charge is 0.271 e. The van der Waals surface area contributed by atoms with Crippen LogP contribution in [0.3, 0.4) is 0 Å². The van der Waals surface area contributed by atoms with Gasteiger partial charge in [0.1, 0.15) is 11.7 Å². The number of nitrogens with one attached hydrogen (secondary N) is 2. The molecule has 2 aliphatic rings. The van der Waals surface area contributed by atoms with E-state index in [0.29, 0.717) is 11.6 Å². The van der Waals surface area contributed by atoms with E-state index in [9.17, 15) is 14.4 Å². The zero-order chi connectivity index (χ0) is 15.5. The van der Waals surface area contributed by atoms with Crippen LogP contribution in [0.5, 0.6) is 0 Å². The number of carbonyl (C=O) groups excluding carboxylic acids is 2. The molecule has 0 radical (unpaired) electrons. The van der Waals surface area contributed by atoms with Crippen LogP contribution in [0.2, 0.25) is 0 Å². The lowest BCUT2D eigenvalue weighted by molar-refractivity contribution is -0.139. The van der Waals surface area contributed by atoms with Crippen molar-refractivity contribution in [2.75, 3.05) is 16.9 Å². The molecular formula is C15H19N3O3S. The van der Waals surface area contributed by atoms with E-state index in [0.717, 1.165) is 25.7 Å². The van der Waals surface area contributed by atoms with Crippen molar-refractivity contribution in [3.63, 3.8) is 0 Å². The van der Waals surface area contributed by atoms with Gasteiger partial charge >= 0.3 is 0 Å². The van der Waals surface area contributed by atoms with E-state index >= 15 is 0 Å². The molecule has 7 heteroatoms. The first-order valence-electron chi connectivity index (χ1n) is 7.53. The van der Waals surface area contributed by atoms with Gasteiger partial charge in [-0.25, -0.2) is 0 Å². The highest BCUT2D eigenvalue weighted by molar-refractivity contribution is 7.99. The number of nitrogens with zero attached hydrogens (tertiary/aromatic N) is 1. The van der Waals surface area contributed by atoms with Crippen molar-refractivity contribution in [2.24, 2.45) is 5.92 Å². The summed E-state index contributed by atoms with van der Waals surface area (Å²) in [4.78, 5) is 40.8. The van der Waals surface area contributed by atoms with Gasteiger partial charge in [0.25, 0.3) is 5.56 Å². The summed E-state index contributed by atoms with van der Waals surface area (Å²) in [7, 11) is 0. The molecule has 1 saturated carbocycles. The number of hydrogen-bond acceptors (Lipinski definition) is 4. The second-order valence-electron chi connectivity index (χ2n) is 5.71. The summed E-state index contributed by atoms with van der Waals surface area (Å²) in [6.07, 6.45) is 5.54. The largest absolute Gasteiger partial charge is 0.327 e. The van der Waals surface area contributed by atoms with Crippen LogP contribution in [0.25, 0.3) is 0 Å². The SMILES string of the molecule is O=C(Nc1ccc[nH]c1=O)[C@H]1CSCN1C(=O)C1CCCC1. The van der Waals surface area contributed by atoms with Crippen molar-refractivity contribution in [1.29, 1.82) is 0 Å². The Morgan fingerprint density at radius 2 is 2.09 bits per heavy atom. The number of pyridine rings is 1. The van der Waals surface area contributed by atoms with Crippen LogP contribution in [0.1, 0.15) is 25.7 Å². The maximum atomic E-state index is 12.5. The molecule has 0 unspecified atom stereocenters. The molecule has 3 rings (SSSR count). The highest BCUT2D eigenvalue weighted by atomic mass is 32.2. The number of carbonyl (C=O) groups is 2. The quantitative estimate of drug-likeness (QED) is 0.882. The average Bonchev–Trinajstić information content (AvgIpc) is 3.20. The summed E-state index contributed by atoms with van der Waals surface area (Å²) in [6, 6.07) is 2.72. The molecule has 0 aromatic carbocycles. The molecule has 0 bridgehead atoms. The van der Waals surface area contributed by atoms with E-state index in [4.69, 9.17) is 0 Å². The van der Waals surface area contributed by atoms with Crippen LogP contribution in [0.4, 0.5) is 5.69 Å². The van der Waals surface area contributed by atoms with E-state index in [2.05, 4.69) is 10.3 Å². The lowest BCUT2D eigenvalue weighted by Gasteiger charge is -2.25. The lowest BCUT2D eigenvalue weighted by atomic mass is 10.1. The molecule has 2 N–H and O–H groups in total. The van der Waals surface area contributed by atoms with E-state index in [1.807, 2.05) is 0 Å². The van der Waals surface area contributed by atoms with Crippen molar-refractivity contribution < 1.29 is 9.59 Å². The number of anilines is 1. The standard InChI is InChI=1S/C15H19N3O3S/c19-13-11(6-3-7-16-13)17-14(20)12-8-22-9-18(12)15(21)10-4-1-2-5-10/h3,6-7,10,12H,1-2,4-5,8-9H2,(H,16,19)(H,17,20)/t12-/m1/s1. The summed E-state index contributed by atoms with van der Waals surface area (Å²) in [5.41, 5.74) is -0.118. The van der Waals surface area contributed by atoms with Gasteiger partial charge in [-0.2, -0.15) is 0 Å². The molecule has 2 heterocycles. The Kier molecular flexibility index (Phi) is 4.52. The molecule has 1 aliphatic heterocycles. The van der Waals surface area contributed by atoms with Crippen molar-refractivity contribution in [1.82, 2.24) is 9.88 Å². The van der Waals surface area contributed by atoms with Crippen LogP contribution in [0.15, 0.2) is 23.1 Å². The van der Waals surface area contributed by atoms with Gasteiger partial charge in [-0.05, 0) is 25.0 Å². The molecule has 1 atom stereocenters. The number of hydrogen-bond donors (Lipinski definition) is 2. The number of rotatable bonds is 3. The molecule has 6 nitrogen and oxygen atoms in total. The van der Waals surface area contributed by atoms with Gasteiger partial charge in [0.15, 0.2) is 0 Å². The number of thioether (sulfide) groups is 1. The Morgan fingerprint density at radius 3 is 2.82 bits per heavy atom. The Bertz CT molecular complexity index is 624. The van der Waals surface area contributed by atoms with Crippen molar-refractivity contribution in [3.8, 4) is 0 Å². The highest BCUT2D eigenvalue weighted by Crippen LogP contribution is 2.31. The van der Waals surface area contributed by atoms with Gasteiger partial charge < -0.3 is 15.2 Å². The first-order chi connectivity index (χ1) is 10.7. The Labute approximate surface area is 132 Å². The molecule has 118 valence electrons. The van der Waals surface area contributed by atoms with E-state index < -0.39 is 6.04 Å². The van der Waals surface area contributed by atoms with E-state index in [1.165, 1.54) is 6.20 Å². The predicted octanol–water partition coefficient (Wildman–Crippen LogP) is 1.41. The van der Waals surface area contributed by atoms with E-state index in [1.54, 1.807) is 28.8 Å². The maximum Gasteiger partial charge on any atom is 0.271 e. The summed E-state index contributed by atoms with van der Waals surface area (Å²) >= 11 is 1.58. The lowest BCUT2D eigenvalue weighted by Crippen LogP contribution is -2.46. The monoisotopic (exact) mass is 321 g/mol. The first-order valence-corrected chi connectivity index (χ1v) is 8.69. The fourth-order valence-corrected chi connectivity index (χ4v) is 4.18. The second kappa shape index (κ2) is 6.56. The molecule has 1 saturated heterocycles. The van der Waals surface area contributed by atoms with Gasteiger partial charge in [-0.1, -0.05) is 12.8 Å². The Morgan fingerprint density at radius 1 is 1.32 bits per heavy atom. The third-order valence-corrected chi connectivity index (χ3v) is 5.26. The fourth-order valence-electron chi connectivity index (χ4n) is 3.02. The Balaban J connectivity index is 1.69. The molecular weight excluding hydrogens is 302 g/mol. The van der Waals surface area contributed by atoms with E-state index in [-0.39, 0.29) is 29.0 Å². The number of H-pyrrole nitrogens is 1. The molecule has 1 aromatic heterocycles. The predicted molar refractivity (Wildman–Crippen MR) is 85.6 cm³/mol. The first kappa shape index (κ1) is 15.1. The van der Waals surface area contributed by atoms with Gasteiger partial charge in [-0.3, -0.25) is 14.4 Å². The number of aromatic nitrogens is 1. The summed E-state index contributed by atoms with van der Waals surface area (Å²) in [5, 5.41) is 2.64.